The zero-order valence-corrected chi connectivity index (χ0v) is 10.8. The molecule has 0 aliphatic heterocycles. The summed E-state index contributed by atoms with van der Waals surface area (Å²) >= 11 is 0. The molecule has 0 atom stereocenters. The zero-order valence-electron chi connectivity index (χ0n) is 10.8. The second-order valence-corrected chi connectivity index (χ2v) is 4.79. The third-order valence-electron chi connectivity index (χ3n) is 2.65. The average molecular weight is 232 g/mol. The van der Waals surface area contributed by atoms with Crippen LogP contribution in [0, 0.1) is 5.92 Å². The van der Waals surface area contributed by atoms with Gasteiger partial charge in [-0.2, -0.15) is 0 Å². The van der Waals surface area contributed by atoms with Gasteiger partial charge < -0.3 is 0 Å². The van der Waals surface area contributed by atoms with E-state index in [-0.39, 0.29) is 18.0 Å². The molecule has 2 nitrogen and oxygen atoms in total. The van der Waals surface area contributed by atoms with Crippen molar-refractivity contribution >= 4 is 11.6 Å². The predicted octanol–water partition coefficient (Wildman–Crippen LogP) is 3.44. The fourth-order valence-electron chi connectivity index (χ4n) is 1.77. The van der Waals surface area contributed by atoms with Crippen LogP contribution in [-0.2, 0) is 11.2 Å². The summed E-state index contributed by atoms with van der Waals surface area (Å²) in [7, 11) is 0. The summed E-state index contributed by atoms with van der Waals surface area (Å²) < 4.78 is 0. The molecule has 0 fully saturated rings. The summed E-state index contributed by atoms with van der Waals surface area (Å²) in [4.78, 5) is 23.5. The summed E-state index contributed by atoms with van der Waals surface area (Å²) in [6.45, 7) is 6.02. The number of carbonyl (C=O) groups excluding carboxylic acids is 2. The van der Waals surface area contributed by atoms with E-state index < -0.39 is 0 Å². The van der Waals surface area contributed by atoms with E-state index in [0.717, 1.165) is 12.0 Å². The lowest BCUT2D eigenvalue weighted by molar-refractivity contribution is -0.118. The summed E-state index contributed by atoms with van der Waals surface area (Å²) in [5.41, 5.74) is 1.79. The largest absolute Gasteiger partial charge is 0.299 e. The van der Waals surface area contributed by atoms with E-state index in [1.807, 2.05) is 39.0 Å². The fraction of sp³-hybridized carbons (Fsp3) is 0.467. The average Bonchev–Trinajstić information content (AvgIpc) is 2.27. The molecule has 1 aromatic rings. The Morgan fingerprint density at radius 3 is 2.53 bits per heavy atom. The number of Topliss-reactive ketones (excluding diaryl/α,β-unsaturated/α-hetero) is 2. The molecule has 1 rings (SSSR count). The number of aryl methyl sites for hydroxylation is 1. The molecular weight excluding hydrogens is 212 g/mol. The second kappa shape index (κ2) is 6.33. The third-order valence-corrected chi connectivity index (χ3v) is 2.65. The van der Waals surface area contributed by atoms with E-state index in [4.69, 9.17) is 0 Å². The van der Waals surface area contributed by atoms with E-state index >= 15 is 0 Å². The Hall–Kier alpha value is -1.44. The second-order valence-electron chi connectivity index (χ2n) is 4.79. The van der Waals surface area contributed by atoms with Crippen LogP contribution in [0.1, 0.15) is 49.5 Å². The van der Waals surface area contributed by atoms with Gasteiger partial charge in [-0.25, -0.2) is 0 Å². The molecule has 0 saturated carbocycles. The fourth-order valence-corrected chi connectivity index (χ4v) is 1.77. The Morgan fingerprint density at radius 1 is 1.24 bits per heavy atom. The number of carbonyl (C=O) groups is 2. The molecule has 0 radical (unpaired) electrons. The monoisotopic (exact) mass is 232 g/mol. The molecule has 92 valence electrons. The summed E-state index contributed by atoms with van der Waals surface area (Å²) in [6, 6.07) is 7.53. The smallest absolute Gasteiger partial charge is 0.170 e. The van der Waals surface area contributed by atoms with Gasteiger partial charge in [0.15, 0.2) is 5.78 Å². The molecule has 0 N–H and O–H groups in total. The van der Waals surface area contributed by atoms with Crippen molar-refractivity contribution in [2.45, 2.75) is 40.0 Å². The van der Waals surface area contributed by atoms with Crippen LogP contribution < -0.4 is 0 Å². The first-order valence-corrected chi connectivity index (χ1v) is 6.16. The first-order chi connectivity index (χ1) is 8.02. The highest BCUT2D eigenvalue weighted by atomic mass is 16.1. The Morgan fingerprint density at radius 2 is 1.94 bits per heavy atom. The van der Waals surface area contributed by atoms with Crippen molar-refractivity contribution in [3.05, 3.63) is 35.4 Å². The lowest BCUT2D eigenvalue weighted by Gasteiger charge is -2.04. The van der Waals surface area contributed by atoms with Crippen LogP contribution in [0.4, 0.5) is 0 Å². The van der Waals surface area contributed by atoms with Gasteiger partial charge in [0.25, 0.3) is 0 Å². The van der Waals surface area contributed by atoms with Gasteiger partial charge in [-0.3, -0.25) is 9.59 Å². The van der Waals surface area contributed by atoms with Gasteiger partial charge in [0.05, 0.1) is 6.42 Å². The van der Waals surface area contributed by atoms with Crippen molar-refractivity contribution in [1.29, 1.82) is 0 Å². The molecule has 0 spiro atoms. The summed E-state index contributed by atoms with van der Waals surface area (Å²) in [5, 5.41) is 0. The highest BCUT2D eigenvalue weighted by Crippen LogP contribution is 2.11. The van der Waals surface area contributed by atoms with Gasteiger partial charge in [-0.15, -0.1) is 0 Å². The minimum atomic E-state index is -0.0639. The van der Waals surface area contributed by atoms with Crippen LogP contribution in [0.2, 0.25) is 0 Å². The normalized spacial score (nSPS) is 10.6. The van der Waals surface area contributed by atoms with E-state index in [9.17, 15) is 9.59 Å². The molecular formula is C15H20O2. The number of hydrogen-bond acceptors (Lipinski definition) is 2. The topological polar surface area (TPSA) is 34.1 Å². The molecule has 1 aromatic carbocycles. The minimum Gasteiger partial charge on any atom is -0.299 e. The van der Waals surface area contributed by atoms with Crippen molar-refractivity contribution in [1.82, 2.24) is 0 Å². The molecule has 0 aromatic heterocycles. The first kappa shape index (κ1) is 13.6. The Labute approximate surface area is 103 Å². The molecule has 0 unspecified atom stereocenters. The molecule has 0 bridgehead atoms. The van der Waals surface area contributed by atoms with Crippen LogP contribution in [0.25, 0.3) is 0 Å². The Bertz CT molecular complexity index is 405. The SMILES string of the molecule is CCc1cccc(C(=O)CC(=O)CC(C)C)c1. The Balaban J connectivity index is 2.66. The number of benzene rings is 1. The Kier molecular flexibility index (Phi) is 5.08. The molecule has 0 aliphatic carbocycles. The van der Waals surface area contributed by atoms with Gasteiger partial charge in [0.1, 0.15) is 5.78 Å². The zero-order chi connectivity index (χ0) is 12.8. The number of rotatable bonds is 6. The molecule has 0 aliphatic rings. The van der Waals surface area contributed by atoms with Crippen LogP contribution >= 0.6 is 0 Å². The van der Waals surface area contributed by atoms with Gasteiger partial charge in [0, 0.05) is 12.0 Å². The van der Waals surface area contributed by atoms with Crippen molar-refractivity contribution < 1.29 is 9.59 Å². The van der Waals surface area contributed by atoms with Crippen molar-refractivity contribution in [2.75, 3.05) is 0 Å². The maximum absolute atomic E-state index is 11.9. The third kappa shape index (κ3) is 4.51. The quantitative estimate of drug-likeness (QED) is 0.556. The highest BCUT2D eigenvalue weighted by Gasteiger charge is 2.13. The highest BCUT2D eigenvalue weighted by molar-refractivity contribution is 6.08. The van der Waals surface area contributed by atoms with E-state index in [1.54, 1.807) is 6.07 Å². The van der Waals surface area contributed by atoms with Crippen LogP contribution in [-0.4, -0.2) is 11.6 Å². The maximum Gasteiger partial charge on any atom is 0.170 e. The molecule has 0 amide bonds. The number of hydrogen-bond donors (Lipinski definition) is 0. The maximum atomic E-state index is 11.9. The molecule has 17 heavy (non-hydrogen) atoms. The van der Waals surface area contributed by atoms with Gasteiger partial charge >= 0.3 is 0 Å². The summed E-state index contributed by atoms with van der Waals surface area (Å²) in [5.74, 6) is 0.287. The standard InChI is InChI=1S/C15H20O2/c1-4-12-6-5-7-13(9-12)15(17)10-14(16)8-11(2)3/h5-7,9,11H,4,8,10H2,1-3H3. The summed E-state index contributed by atoms with van der Waals surface area (Å²) in [6.07, 6.45) is 1.42. The van der Waals surface area contributed by atoms with Gasteiger partial charge in [0.2, 0.25) is 0 Å². The molecule has 2 heteroatoms. The lowest BCUT2D eigenvalue weighted by atomic mass is 9.99. The first-order valence-electron chi connectivity index (χ1n) is 6.16. The van der Waals surface area contributed by atoms with Gasteiger partial charge in [-0.05, 0) is 24.0 Å². The van der Waals surface area contributed by atoms with Crippen molar-refractivity contribution in [3.8, 4) is 0 Å². The van der Waals surface area contributed by atoms with E-state index in [2.05, 4.69) is 0 Å². The van der Waals surface area contributed by atoms with Crippen molar-refractivity contribution in [2.24, 2.45) is 5.92 Å². The van der Waals surface area contributed by atoms with Crippen LogP contribution in [0.3, 0.4) is 0 Å². The number of ketones is 2. The van der Waals surface area contributed by atoms with Crippen molar-refractivity contribution in [3.63, 3.8) is 0 Å². The predicted molar refractivity (Wildman–Crippen MR) is 69.2 cm³/mol. The lowest BCUT2D eigenvalue weighted by Crippen LogP contribution is -2.10. The van der Waals surface area contributed by atoms with E-state index in [0.29, 0.717) is 17.9 Å². The van der Waals surface area contributed by atoms with E-state index in [1.165, 1.54) is 0 Å². The molecule has 0 heterocycles. The molecule has 0 saturated heterocycles. The van der Waals surface area contributed by atoms with Crippen LogP contribution in [0.5, 0.6) is 0 Å². The van der Waals surface area contributed by atoms with Gasteiger partial charge in [-0.1, -0.05) is 39.0 Å². The van der Waals surface area contributed by atoms with Crippen LogP contribution in [0.15, 0.2) is 24.3 Å². The minimum absolute atomic E-state index is 0.0331.